The van der Waals surface area contributed by atoms with Gasteiger partial charge in [0.2, 0.25) is 0 Å². The van der Waals surface area contributed by atoms with E-state index in [4.69, 9.17) is 9.47 Å². The van der Waals surface area contributed by atoms with Gasteiger partial charge >= 0.3 is 5.97 Å². The Hall–Kier alpha value is -2.47. The molecular weight excluding hydrogens is 332 g/mol. The minimum atomic E-state index is -0.497. The first-order chi connectivity index (χ1) is 12.6. The predicted molar refractivity (Wildman–Crippen MR) is 98.1 cm³/mol. The Morgan fingerprint density at radius 1 is 1.35 bits per heavy atom. The van der Waals surface area contributed by atoms with Crippen molar-refractivity contribution in [1.82, 2.24) is 10.3 Å². The summed E-state index contributed by atoms with van der Waals surface area (Å²) in [5.74, 6) is -0.816. The fourth-order valence-corrected chi connectivity index (χ4v) is 3.25. The maximum absolute atomic E-state index is 12.7. The van der Waals surface area contributed by atoms with Gasteiger partial charge in [-0.1, -0.05) is 25.1 Å². The van der Waals surface area contributed by atoms with E-state index >= 15 is 0 Å². The summed E-state index contributed by atoms with van der Waals surface area (Å²) >= 11 is 0. The Morgan fingerprint density at radius 2 is 2.15 bits per heavy atom. The molecule has 0 spiro atoms. The monoisotopic (exact) mass is 356 g/mol. The molecule has 1 fully saturated rings. The van der Waals surface area contributed by atoms with Crippen LogP contribution in [-0.2, 0) is 20.7 Å². The molecule has 2 aromatic rings. The second kappa shape index (κ2) is 8.27. The number of nitrogens with zero attached hydrogens (tertiary/aromatic N) is 1. The smallest absolute Gasteiger partial charge is 0.339 e. The molecule has 1 atom stereocenters. The van der Waals surface area contributed by atoms with Crippen molar-refractivity contribution in [2.75, 3.05) is 19.8 Å². The van der Waals surface area contributed by atoms with Crippen molar-refractivity contribution in [3.05, 3.63) is 41.1 Å². The zero-order valence-corrected chi connectivity index (χ0v) is 15.2. The van der Waals surface area contributed by atoms with E-state index in [9.17, 15) is 9.59 Å². The molecule has 3 rings (SSSR count). The molecule has 138 valence electrons. The number of carbonyl (C=O) groups is 2. The lowest BCUT2D eigenvalue weighted by molar-refractivity contribution is -0.124. The Labute approximate surface area is 152 Å². The van der Waals surface area contributed by atoms with Gasteiger partial charge in [-0.25, -0.2) is 4.79 Å². The maximum atomic E-state index is 12.7. The number of para-hydroxylation sites is 1. The third-order valence-corrected chi connectivity index (χ3v) is 4.66. The van der Waals surface area contributed by atoms with Crippen LogP contribution in [0, 0.1) is 6.92 Å². The highest BCUT2D eigenvalue weighted by Crippen LogP contribution is 2.24. The number of hydrogen-bond donors (Lipinski definition) is 1. The fourth-order valence-electron chi connectivity index (χ4n) is 3.25. The van der Waals surface area contributed by atoms with Gasteiger partial charge in [0.05, 0.1) is 17.2 Å². The van der Waals surface area contributed by atoms with E-state index in [1.54, 1.807) is 0 Å². The summed E-state index contributed by atoms with van der Waals surface area (Å²) in [6.45, 7) is 4.75. The summed E-state index contributed by atoms with van der Waals surface area (Å²) in [5.41, 5.74) is 2.90. The van der Waals surface area contributed by atoms with E-state index in [2.05, 4.69) is 10.3 Å². The number of rotatable bonds is 6. The normalized spacial score (nSPS) is 16.6. The Kier molecular flexibility index (Phi) is 5.83. The standard InChI is InChI=1S/C20H24N2O4/c1-3-16-13(2)19(15-8-4-5-9-17(15)22-16)20(24)26-12-18(23)21-11-14-7-6-10-25-14/h4-5,8-9,14H,3,6-7,10-12H2,1-2H3,(H,21,23). The van der Waals surface area contributed by atoms with Crippen LogP contribution in [0.4, 0.5) is 0 Å². The lowest BCUT2D eigenvalue weighted by Crippen LogP contribution is -2.34. The Balaban J connectivity index is 1.69. The maximum Gasteiger partial charge on any atom is 0.339 e. The van der Waals surface area contributed by atoms with Crippen molar-refractivity contribution < 1.29 is 19.1 Å². The summed E-state index contributed by atoms with van der Waals surface area (Å²) in [4.78, 5) is 29.2. The molecule has 1 aromatic carbocycles. The zero-order valence-electron chi connectivity index (χ0n) is 15.2. The van der Waals surface area contributed by atoms with Crippen LogP contribution >= 0.6 is 0 Å². The molecule has 26 heavy (non-hydrogen) atoms. The average molecular weight is 356 g/mol. The number of ether oxygens (including phenoxy) is 2. The molecule has 6 nitrogen and oxygen atoms in total. The van der Waals surface area contributed by atoms with Crippen molar-refractivity contribution in [2.45, 2.75) is 39.2 Å². The summed E-state index contributed by atoms with van der Waals surface area (Å²) in [7, 11) is 0. The molecule has 0 radical (unpaired) electrons. The third-order valence-electron chi connectivity index (χ3n) is 4.66. The fraction of sp³-hybridized carbons (Fsp3) is 0.450. The van der Waals surface area contributed by atoms with E-state index in [0.717, 1.165) is 48.0 Å². The van der Waals surface area contributed by atoms with Crippen LogP contribution in [0.2, 0.25) is 0 Å². The number of nitrogens with one attached hydrogen (secondary N) is 1. The van der Waals surface area contributed by atoms with Gasteiger partial charge in [-0.05, 0) is 37.8 Å². The largest absolute Gasteiger partial charge is 0.452 e. The Bertz CT molecular complexity index is 813. The molecular formula is C20H24N2O4. The summed E-state index contributed by atoms with van der Waals surface area (Å²) in [6, 6.07) is 7.47. The quantitative estimate of drug-likeness (QED) is 0.805. The molecule has 0 saturated carbocycles. The number of hydrogen-bond acceptors (Lipinski definition) is 5. The predicted octanol–water partition coefficient (Wildman–Crippen LogP) is 2.56. The number of carbonyl (C=O) groups excluding carboxylic acids is 2. The minimum absolute atomic E-state index is 0.0631. The van der Waals surface area contributed by atoms with Gasteiger partial charge in [0, 0.05) is 24.2 Å². The molecule has 0 aliphatic carbocycles. The molecule has 1 aliphatic heterocycles. The van der Waals surface area contributed by atoms with Crippen LogP contribution in [-0.4, -0.2) is 42.7 Å². The zero-order chi connectivity index (χ0) is 18.5. The first kappa shape index (κ1) is 18.3. The lowest BCUT2D eigenvalue weighted by atomic mass is 10.0. The molecule has 2 heterocycles. The molecule has 1 aliphatic rings. The summed E-state index contributed by atoms with van der Waals surface area (Å²) < 4.78 is 10.7. The topological polar surface area (TPSA) is 77.5 Å². The number of aromatic nitrogens is 1. The molecule has 0 bridgehead atoms. The van der Waals surface area contributed by atoms with Gasteiger partial charge in [0.1, 0.15) is 0 Å². The van der Waals surface area contributed by atoms with E-state index in [0.29, 0.717) is 12.1 Å². The lowest BCUT2D eigenvalue weighted by Gasteiger charge is -2.14. The van der Waals surface area contributed by atoms with Crippen LogP contribution in [0.25, 0.3) is 10.9 Å². The molecule has 1 unspecified atom stereocenters. The molecule has 1 aromatic heterocycles. The molecule has 1 amide bonds. The van der Waals surface area contributed by atoms with E-state index < -0.39 is 5.97 Å². The first-order valence-electron chi connectivity index (χ1n) is 9.03. The number of benzene rings is 1. The van der Waals surface area contributed by atoms with E-state index in [1.807, 2.05) is 38.1 Å². The number of fused-ring (bicyclic) bond motifs is 1. The van der Waals surface area contributed by atoms with Crippen molar-refractivity contribution >= 4 is 22.8 Å². The highest BCUT2D eigenvalue weighted by Gasteiger charge is 2.20. The highest BCUT2D eigenvalue weighted by atomic mass is 16.5. The molecule has 1 N–H and O–H groups in total. The average Bonchev–Trinajstić information content (AvgIpc) is 3.17. The second-order valence-corrected chi connectivity index (χ2v) is 6.44. The van der Waals surface area contributed by atoms with Gasteiger partial charge in [-0.2, -0.15) is 0 Å². The molecule has 6 heteroatoms. The van der Waals surface area contributed by atoms with Gasteiger partial charge in [-0.15, -0.1) is 0 Å². The second-order valence-electron chi connectivity index (χ2n) is 6.44. The highest BCUT2D eigenvalue weighted by molar-refractivity contribution is 6.05. The number of pyridine rings is 1. The number of esters is 1. The van der Waals surface area contributed by atoms with Crippen molar-refractivity contribution in [2.24, 2.45) is 0 Å². The van der Waals surface area contributed by atoms with Gasteiger partial charge in [0.15, 0.2) is 6.61 Å². The van der Waals surface area contributed by atoms with E-state index in [-0.39, 0.29) is 18.6 Å². The van der Waals surface area contributed by atoms with Crippen LogP contribution in [0.1, 0.15) is 41.4 Å². The van der Waals surface area contributed by atoms with Gasteiger partial charge < -0.3 is 14.8 Å². The third kappa shape index (κ3) is 4.02. The number of aryl methyl sites for hydroxylation is 1. The summed E-state index contributed by atoms with van der Waals surface area (Å²) in [6.07, 6.45) is 2.75. The van der Waals surface area contributed by atoms with Crippen LogP contribution < -0.4 is 5.32 Å². The summed E-state index contributed by atoms with van der Waals surface area (Å²) in [5, 5.41) is 3.49. The van der Waals surface area contributed by atoms with Gasteiger partial charge in [0.25, 0.3) is 5.91 Å². The van der Waals surface area contributed by atoms with Crippen LogP contribution in [0.3, 0.4) is 0 Å². The van der Waals surface area contributed by atoms with Crippen molar-refractivity contribution in [1.29, 1.82) is 0 Å². The van der Waals surface area contributed by atoms with Crippen LogP contribution in [0.5, 0.6) is 0 Å². The first-order valence-corrected chi connectivity index (χ1v) is 9.03. The van der Waals surface area contributed by atoms with Crippen LogP contribution in [0.15, 0.2) is 24.3 Å². The van der Waals surface area contributed by atoms with Gasteiger partial charge in [-0.3, -0.25) is 9.78 Å². The van der Waals surface area contributed by atoms with Crippen molar-refractivity contribution in [3.8, 4) is 0 Å². The SMILES string of the molecule is CCc1nc2ccccc2c(C(=O)OCC(=O)NCC2CCCO2)c1C. The minimum Gasteiger partial charge on any atom is -0.452 e. The van der Waals surface area contributed by atoms with E-state index in [1.165, 1.54) is 0 Å². The Morgan fingerprint density at radius 3 is 2.88 bits per heavy atom. The number of amides is 1. The van der Waals surface area contributed by atoms with Crippen molar-refractivity contribution in [3.63, 3.8) is 0 Å². The molecule has 1 saturated heterocycles.